The number of aryl methyl sites for hydroxylation is 1. The highest BCUT2D eigenvalue weighted by atomic mass is 32.2. The molecule has 0 spiro atoms. The van der Waals surface area contributed by atoms with E-state index in [1.807, 2.05) is 43.3 Å². The minimum atomic E-state index is -3.87. The number of carbonyl (C=O) groups excluding carboxylic acids is 1. The van der Waals surface area contributed by atoms with E-state index in [0.717, 1.165) is 28.9 Å². The summed E-state index contributed by atoms with van der Waals surface area (Å²) >= 11 is 0. The minimum Gasteiger partial charge on any atom is -0.494 e. The quantitative estimate of drug-likeness (QED) is 0.445. The van der Waals surface area contributed by atoms with Crippen molar-refractivity contribution in [3.63, 3.8) is 0 Å². The van der Waals surface area contributed by atoms with Gasteiger partial charge in [-0.3, -0.25) is 4.72 Å². The van der Waals surface area contributed by atoms with E-state index in [4.69, 9.17) is 9.47 Å². The van der Waals surface area contributed by atoms with Gasteiger partial charge >= 0.3 is 5.97 Å². The molecule has 168 valence electrons. The van der Waals surface area contributed by atoms with Crippen molar-refractivity contribution >= 4 is 21.7 Å². The van der Waals surface area contributed by atoms with Crippen LogP contribution in [0, 0.1) is 0 Å². The monoisotopic (exact) mass is 453 g/mol. The second kappa shape index (κ2) is 10.3. The predicted octanol–water partition coefficient (Wildman–Crippen LogP) is 5.29. The number of anilines is 1. The summed E-state index contributed by atoms with van der Waals surface area (Å²) in [6, 6.07) is 19.3. The number of nitrogens with one attached hydrogen (secondary N) is 1. The van der Waals surface area contributed by atoms with E-state index in [-0.39, 0.29) is 10.5 Å². The van der Waals surface area contributed by atoms with Gasteiger partial charge in [0.15, 0.2) is 0 Å². The summed E-state index contributed by atoms with van der Waals surface area (Å²) in [7, 11) is -2.60. The molecule has 0 aromatic heterocycles. The van der Waals surface area contributed by atoms with E-state index in [2.05, 4.69) is 11.6 Å². The first-order valence-electron chi connectivity index (χ1n) is 10.4. The Morgan fingerprint density at radius 1 is 0.906 bits per heavy atom. The number of carbonyl (C=O) groups is 1. The summed E-state index contributed by atoms with van der Waals surface area (Å²) in [5, 5.41) is 0. The smallest absolute Gasteiger partial charge is 0.338 e. The van der Waals surface area contributed by atoms with Gasteiger partial charge in [0.25, 0.3) is 10.0 Å². The normalized spacial score (nSPS) is 11.1. The van der Waals surface area contributed by atoms with Crippen LogP contribution in [0.1, 0.15) is 36.2 Å². The number of hydrogen-bond donors (Lipinski definition) is 1. The first kappa shape index (κ1) is 23.3. The lowest BCUT2D eigenvalue weighted by molar-refractivity contribution is 0.0599. The second-order valence-electron chi connectivity index (χ2n) is 7.22. The molecular weight excluding hydrogens is 426 g/mol. The zero-order chi connectivity index (χ0) is 23.1. The molecule has 7 heteroatoms. The van der Waals surface area contributed by atoms with E-state index >= 15 is 0 Å². The highest BCUT2D eigenvalue weighted by Gasteiger charge is 2.19. The molecule has 0 saturated carbocycles. The predicted molar refractivity (Wildman–Crippen MR) is 126 cm³/mol. The molecule has 6 nitrogen and oxygen atoms in total. The molecule has 0 unspecified atom stereocenters. The third kappa shape index (κ3) is 5.48. The molecule has 0 fully saturated rings. The number of benzene rings is 3. The maximum Gasteiger partial charge on any atom is 0.338 e. The van der Waals surface area contributed by atoms with E-state index in [0.29, 0.717) is 18.7 Å². The van der Waals surface area contributed by atoms with Crippen molar-refractivity contribution in [3.05, 3.63) is 77.9 Å². The van der Waals surface area contributed by atoms with Crippen LogP contribution in [0.5, 0.6) is 5.75 Å². The topological polar surface area (TPSA) is 81.7 Å². The molecule has 0 radical (unpaired) electrons. The van der Waals surface area contributed by atoms with Crippen LogP contribution in [0.25, 0.3) is 11.1 Å². The van der Waals surface area contributed by atoms with Crippen molar-refractivity contribution in [2.45, 2.75) is 31.6 Å². The fourth-order valence-electron chi connectivity index (χ4n) is 3.24. The van der Waals surface area contributed by atoms with Crippen LogP contribution in [0.3, 0.4) is 0 Å². The molecule has 1 N–H and O–H groups in total. The van der Waals surface area contributed by atoms with Gasteiger partial charge in [-0.05, 0) is 65.9 Å². The van der Waals surface area contributed by atoms with Gasteiger partial charge in [-0.25, -0.2) is 13.2 Å². The first-order chi connectivity index (χ1) is 15.4. The summed E-state index contributed by atoms with van der Waals surface area (Å²) in [6.45, 7) is 4.63. The van der Waals surface area contributed by atoms with Crippen LogP contribution in [-0.4, -0.2) is 28.1 Å². The van der Waals surface area contributed by atoms with Crippen molar-refractivity contribution in [1.29, 1.82) is 0 Å². The number of rotatable bonds is 9. The average Bonchev–Trinajstić information content (AvgIpc) is 2.82. The highest BCUT2D eigenvalue weighted by molar-refractivity contribution is 7.92. The lowest BCUT2D eigenvalue weighted by Crippen LogP contribution is -2.15. The molecule has 0 aliphatic rings. The molecule has 0 heterocycles. The largest absolute Gasteiger partial charge is 0.494 e. The van der Waals surface area contributed by atoms with Crippen LogP contribution in [0.4, 0.5) is 5.69 Å². The zero-order valence-electron chi connectivity index (χ0n) is 18.4. The summed E-state index contributed by atoms with van der Waals surface area (Å²) in [5.41, 5.74) is 3.36. The van der Waals surface area contributed by atoms with Gasteiger partial charge in [-0.1, -0.05) is 44.2 Å². The van der Waals surface area contributed by atoms with E-state index in [1.54, 1.807) is 18.2 Å². The van der Waals surface area contributed by atoms with Crippen molar-refractivity contribution in [1.82, 2.24) is 0 Å². The van der Waals surface area contributed by atoms with Gasteiger partial charge in [-0.2, -0.15) is 0 Å². The van der Waals surface area contributed by atoms with Gasteiger partial charge in [0.05, 0.1) is 24.2 Å². The summed E-state index contributed by atoms with van der Waals surface area (Å²) < 4.78 is 38.7. The number of esters is 1. The van der Waals surface area contributed by atoms with Gasteiger partial charge in [0.2, 0.25) is 0 Å². The van der Waals surface area contributed by atoms with Crippen molar-refractivity contribution < 1.29 is 22.7 Å². The molecule has 3 rings (SSSR count). The summed E-state index contributed by atoms with van der Waals surface area (Å²) in [6.07, 6.45) is 1.54. The van der Waals surface area contributed by atoms with Gasteiger partial charge in [-0.15, -0.1) is 0 Å². The third-order valence-corrected chi connectivity index (χ3v) is 6.35. The van der Waals surface area contributed by atoms with Gasteiger partial charge in [0, 0.05) is 5.69 Å². The Bertz CT molecular complexity index is 1170. The van der Waals surface area contributed by atoms with Crippen LogP contribution in [-0.2, 0) is 21.2 Å². The Labute approximate surface area is 189 Å². The Balaban J connectivity index is 1.78. The average molecular weight is 454 g/mol. The van der Waals surface area contributed by atoms with Crippen molar-refractivity contribution in [2.75, 3.05) is 18.4 Å². The Hall–Kier alpha value is -3.32. The van der Waals surface area contributed by atoms with Gasteiger partial charge in [0.1, 0.15) is 5.75 Å². The molecule has 32 heavy (non-hydrogen) atoms. The standard InChI is InChI=1S/C25H27NO5S/c1-4-16-31-22-13-8-20(9-14-22)19-6-11-21(12-7-19)26-32(28,29)23-15-10-18(5-2)24(17-23)25(27)30-3/h6-15,17,26H,4-5,16H2,1-3H3. The molecular formula is C25H27NO5S. The molecule has 3 aromatic rings. The highest BCUT2D eigenvalue weighted by Crippen LogP contribution is 2.26. The SMILES string of the molecule is CCCOc1ccc(-c2ccc(NS(=O)(=O)c3ccc(CC)c(C(=O)OC)c3)cc2)cc1. The maximum atomic E-state index is 12.9. The number of ether oxygens (including phenoxy) is 2. The molecule has 0 bridgehead atoms. The molecule has 0 amide bonds. The first-order valence-corrected chi connectivity index (χ1v) is 11.9. The summed E-state index contributed by atoms with van der Waals surface area (Å²) in [5.74, 6) is 0.259. The number of hydrogen-bond acceptors (Lipinski definition) is 5. The number of sulfonamides is 1. The summed E-state index contributed by atoms with van der Waals surface area (Å²) in [4.78, 5) is 12.0. The fraction of sp³-hybridized carbons (Fsp3) is 0.240. The second-order valence-corrected chi connectivity index (χ2v) is 8.90. The minimum absolute atomic E-state index is 0.00171. The molecule has 0 aliphatic heterocycles. The molecule has 0 saturated heterocycles. The van der Waals surface area contributed by atoms with E-state index in [9.17, 15) is 13.2 Å². The third-order valence-electron chi connectivity index (χ3n) is 4.98. The molecule has 0 atom stereocenters. The Morgan fingerprint density at radius 2 is 1.53 bits per heavy atom. The maximum absolute atomic E-state index is 12.9. The van der Waals surface area contributed by atoms with Gasteiger partial charge < -0.3 is 9.47 Å². The van der Waals surface area contributed by atoms with Crippen LogP contribution in [0.15, 0.2) is 71.6 Å². The van der Waals surface area contributed by atoms with Crippen LogP contribution >= 0.6 is 0 Å². The Morgan fingerprint density at radius 3 is 2.09 bits per heavy atom. The lowest BCUT2D eigenvalue weighted by atomic mass is 10.1. The van der Waals surface area contributed by atoms with Crippen molar-refractivity contribution in [2.24, 2.45) is 0 Å². The van der Waals surface area contributed by atoms with E-state index in [1.165, 1.54) is 19.2 Å². The fourth-order valence-corrected chi connectivity index (χ4v) is 4.32. The molecule has 3 aromatic carbocycles. The van der Waals surface area contributed by atoms with E-state index < -0.39 is 16.0 Å². The van der Waals surface area contributed by atoms with Crippen LogP contribution in [0.2, 0.25) is 0 Å². The zero-order valence-corrected chi connectivity index (χ0v) is 19.2. The number of methoxy groups -OCH3 is 1. The Kier molecular flexibility index (Phi) is 7.53. The van der Waals surface area contributed by atoms with Crippen LogP contribution < -0.4 is 9.46 Å². The molecule has 0 aliphatic carbocycles. The van der Waals surface area contributed by atoms with Crippen molar-refractivity contribution in [3.8, 4) is 16.9 Å². The lowest BCUT2D eigenvalue weighted by Gasteiger charge is -2.12.